The normalized spacial score (nSPS) is 10.1. The van der Waals surface area contributed by atoms with Crippen LogP contribution < -0.4 is 10.1 Å². The van der Waals surface area contributed by atoms with Gasteiger partial charge in [-0.15, -0.1) is 0 Å². The number of benzene rings is 2. The molecule has 2 aromatic rings. The van der Waals surface area contributed by atoms with Crippen LogP contribution in [0.1, 0.15) is 24.2 Å². The number of ether oxygens (including phenoxy) is 1. The van der Waals surface area contributed by atoms with E-state index >= 15 is 0 Å². The van der Waals surface area contributed by atoms with Crippen molar-refractivity contribution < 1.29 is 9.53 Å². The van der Waals surface area contributed by atoms with E-state index in [1.165, 1.54) is 0 Å². The van der Waals surface area contributed by atoms with Gasteiger partial charge in [-0.05, 0) is 62.5 Å². The van der Waals surface area contributed by atoms with E-state index in [0.717, 1.165) is 13.1 Å². The van der Waals surface area contributed by atoms with Crippen molar-refractivity contribution in [3.05, 3.63) is 59.1 Å². The van der Waals surface area contributed by atoms with Gasteiger partial charge in [0, 0.05) is 18.7 Å². The molecule has 1 amide bonds. The van der Waals surface area contributed by atoms with E-state index in [2.05, 4.69) is 5.32 Å². The second-order valence-corrected chi connectivity index (χ2v) is 5.76. The van der Waals surface area contributed by atoms with Crippen molar-refractivity contribution in [2.24, 2.45) is 0 Å². The van der Waals surface area contributed by atoms with Gasteiger partial charge in [-0.25, -0.2) is 0 Å². The van der Waals surface area contributed by atoms with Gasteiger partial charge in [0.25, 0.3) is 11.1 Å². The molecule has 0 aromatic heterocycles. The summed E-state index contributed by atoms with van der Waals surface area (Å²) >= 11 is 11.3. The van der Waals surface area contributed by atoms with Gasteiger partial charge in [0.05, 0.1) is 10.7 Å². The fourth-order valence-corrected chi connectivity index (χ4v) is 2.62. The van der Waals surface area contributed by atoms with Crippen LogP contribution in [0.25, 0.3) is 0 Å². The monoisotopic (exact) mass is 362 g/mol. The molecule has 2 rings (SSSR count). The number of nitrogens with zero attached hydrogens (tertiary/aromatic N) is 1. The van der Waals surface area contributed by atoms with Crippen LogP contribution in [0, 0.1) is 0 Å². The van der Waals surface area contributed by atoms with Crippen molar-refractivity contribution in [3.8, 4) is 5.75 Å². The number of hydrogen-bond acceptors (Lipinski definition) is 3. The molecule has 0 fully saturated rings. The summed E-state index contributed by atoms with van der Waals surface area (Å²) in [6.45, 7) is 5.60. The number of halogens is 1. The molecule has 0 aliphatic rings. The van der Waals surface area contributed by atoms with Crippen LogP contribution in [0.15, 0.2) is 48.5 Å². The SMILES string of the molecule is CCN(CC)C(=S)Oc1ccc(C(=O)Nc2ccccc2Cl)cc1. The van der Waals surface area contributed by atoms with Gasteiger partial charge >= 0.3 is 0 Å². The topological polar surface area (TPSA) is 41.6 Å². The maximum Gasteiger partial charge on any atom is 0.264 e. The van der Waals surface area contributed by atoms with Crippen molar-refractivity contribution in [3.63, 3.8) is 0 Å². The number of rotatable bonds is 5. The van der Waals surface area contributed by atoms with Crippen molar-refractivity contribution in [1.29, 1.82) is 0 Å². The quantitative estimate of drug-likeness (QED) is 0.789. The molecule has 0 spiro atoms. The third-order valence-corrected chi connectivity index (χ3v) is 4.14. The Labute approximate surface area is 152 Å². The molecule has 126 valence electrons. The van der Waals surface area contributed by atoms with E-state index in [9.17, 15) is 4.79 Å². The standard InChI is InChI=1S/C18H19ClN2O2S/c1-3-21(4-2)18(24)23-14-11-9-13(10-12-14)17(22)20-16-8-6-5-7-15(16)19/h5-12H,3-4H2,1-2H3,(H,20,22). The van der Waals surface area contributed by atoms with Gasteiger partial charge in [-0.2, -0.15) is 0 Å². The van der Waals surface area contributed by atoms with E-state index in [1.807, 2.05) is 30.9 Å². The zero-order valence-electron chi connectivity index (χ0n) is 13.6. The number of thiocarbonyl (C=S) groups is 1. The summed E-state index contributed by atoms with van der Waals surface area (Å²) in [7, 11) is 0. The van der Waals surface area contributed by atoms with Gasteiger partial charge in [0.15, 0.2) is 0 Å². The average molecular weight is 363 g/mol. The van der Waals surface area contributed by atoms with Crippen LogP contribution in [0.2, 0.25) is 5.02 Å². The predicted octanol–water partition coefficient (Wildman–Crippen LogP) is 4.60. The lowest BCUT2D eigenvalue weighted by molar-refractivity contribution is 0.102. The largest absolute Gasteiger partial charge is 0.432 e. The molecule has 0 saturated heterocycles. The van der Waals surface area contributed by atoms with Gasteiger partial charge in [-0.1, -0.05) is 23.7 Å². The van der Waals surface area contributed by atoms with E-state index < -0.39 is 0 Å². The number of carbonyl (C=O) groups excluding carboxylic acids is 1. The fourth-order valence-electron chi connectivity index (χ4n) is 2.08. The van der Waals surface area contributed by atoms with E-state index in [-0.39, 0.29) is 5.91 Å². The highest BCUT2D eigenvalue weighted by molar-refractivity contribution is 7.80. The number of para-hydroxylation sites is 1. The Morgan fingerprint density at radius 2 is 1.75 bits per heavy atom. The van der Waals surface area contributed by atoms with E-state index in [0.29, 0.717) is 27.2 Å². The highest BCUT2D eigenvalue weighted by atomic mass is 35.5. The molecule has 0 atom stereocenters. The van der Waals surface area contributed by atoms with Crippen molar-refractivity contribution in [1.82, 2.24) is 4.90 Å². The van der Waals surface area contributed by atoms with Crippen LogP contribution in [-0.2, 0) is 0 Å². The molecule has 0 aliphatic heterocycles. The summed E-state index contributed by atoms with van der Waals surface area (Å²) < 4.78 is 5.63. The smallest absolute Gasteiger partial charge is 0.264 e. The van der Waals surface area contributed by atoms with E-state index in [1.54, 1.807) is 36.4 Å². The molecule has 24 heavy (non-hydrogen) atoms. The third-order valence-electron chi connectivity index (χ3n) is 3.47. The molecule has 0 saturated carbocycles. The highest BCUT2D eigenvalue weighted by Gasteiger charge is 2.10. The minimum Gasteiger partial charge on any atom is -0.432 e. The molecule has 6 heteroatoms. The Morgan fingerprint density at radius 1 is 1.12 bits per heavy atom. The highest BCUT2D eigenvalue weighted by Crippen LogP contribution is 2.21. The summed E-state index contributed by atoms with van der Waals surface area (Å²) in [4.78, 5) is 14.2. The number of anilines is 1. The number of nitrogens with one attached hydrogen (secondary N) is 1. The lowest BCUT2D eigenvalue weighted by Gasteiger charge is -2.21. The molecule has 2 aromatic carbocycles. The van der Waals surface area contributed by atoms with Crippen molar-refractivity contribution >= 4 is 40.6 Å². The Balaban J connectivity index is 2.02. The molecule has 0 heterocycles. The zero-order valence-corrected chi connectivity index (χ0v) is 15.2. The number of carbonyl (C=O) groups is 1. The second kappa shape index (κ2) is 8.66. The first-order chi connectivity index (χ1) is 11.5. The first-order valence-corrected chi connectivity index (χ1v) is 8.46. The lowest BCUT2D eigenvalue weighted by atomic mass is 10.2. The summed E-state index contributed by atoms with van der Waals surface area (Å²) in [6.07, 6.45) is 0. The Morgan fingerprint density at radius 3 is 2.33 bits per heavy atom. The van der Waals surface area contributed by atoms with Gasteiger partial charge in [0.1, 0.15) is 5.75 Å². The third kappa shape index (κ3) is 4.69. The summed E-state index contributed by atoms with van der Waals surface area (Å²) in [5, 5.41) is 3.70. The lowest BCUT2D eigenvalue weighted by Crippen LogP contribution is -2.32. The summed E-state index contributed by atoms with van der Waals surface area (Å²) in [5.41, 5.74) is 1.09. The van der Waals surface area contributed by atoms with Gasteiger partial charge in [-0.3, -0.25) is 4.79 Å². The maximum atomic E-state index is 12.3. The molecular weight excluding hydrogens is 344 g/mol. The van der Waals surface area contributed by atoms with Crippen molar-refractivity contribution in [2.45, 2.75) is 13.8 Å². The second-order valence-electron chi connectivity index (χ2n) is 5.00. The maximum absolute atomic E-state index is 12.3. The minimum atomic E-state index is -0.235. The molecule has 4 nitrogen and oxygen atoms in total. The van der Waals surface area contributed by atoms with E-state index in [4.69, 9.17) is 28.6 Å². The molecule has 0 aliphatic carbocycles. The van der Waals surface area contributed by atoms with Crippen LogP contribution >= 0.6 is 23.8 Å². The predicted molar refractivity (Wildman–Crippen MR) is 102 cm³/mol. The van der Waals surface area contributed by atoms with Crippen LogP contribution in [0.5, 0.6) is 5.75 Å². The van der Waals surface area contributed by atoms with Gasteiger partial charge < -0.3 is 15.0 Å². The Hall–Kier alpha value is -2.11. The first-order valence-electron chi connectivity index (χ1n) is 7.67. The average Bonchev–Trinajstić information content (AvgIpc) is 2.58. The fraction of sp³-hybridized carbons (Fsp3) is 0.222. The number of hydrogen-bond donors (Lipinski definition) is 1. The van der Waals surface area contributed by atoms with Crippen LogP contribution in [0.3, 0.4) is 0 Å². The first kappa shape index (κ1) is 18.2. The van der Waals surface area contributed by atoms with Crippen molar-refractivity contribution in [2.75, 3.05) is 18.4 Å². The van der Waals surface area contributed by atoms with Gasteiger partial charge in [0.2, 0.25) is 0 Å². The summed E-state index contributed by atoms with van der Waals surface area (Å²) in [5.74, 6) is 0.363. The Kier molecular flexibility index (Phi) is 6.58. The Bertz CT molecular complexity index is 715. The minimum absolute atomic E-state index is 0.235. The molecule has 0 bridgehead atoms. The summed E-state index contributed by atoms with van der Waals surface area (Å²) in [6, 6.07) is 13.9. The van der Waals surface area contributed by atoms with Crippen LogP contribution in [0.4, 0.5) is 5.69 Å². The molecule has 0 radical (unpaired) electrons. The molecular formula is C18H19ClN2O2S. The van der Waals surface area contributed by atoms with Crippen LogP contribution in [-0.4, -0.2) is 29.1 Å². The number of amides is 1. The molecule has 1 N–H and O–H groups in total. The molecule has 0 unspecified atom stereocenters. The zero-order chi connectivity index (χ0) is 17.5.